The maximum atomic E-state index is 12.8. The number of carbonyl (C=O) groups excluding carboxylic acids is 1. The van der Waals surface area contributed by atoms with Gasteiger partial charge in [0.25, 0.3) is 5.91 Å². The Balaban J connectivity index is 1.46. The van der Waals surface area contributed by atoms with E-state index in [1.165, 1.54) is 0 Å². The number of likely N-dealkylation sites (tertiary alicyclic amines) is 1. The first-order valence-corrected chi connectivity index (χ1v) is 7.84. The van der Waals surface area contributed by atoms with E-state index in [1.54, 1.807) is 6.20 Å². The molecule has 0 bridgehead atoms. The highest BCUT2D eigenvalue weighted by Gasteiger charge is 2.37. The van der Waals surface area contributed by atoms with E-state index in [4.69, 9.17) is 4.74 Å². The minimum atomic E-state index is -0.365. The molecule has 0 saturated carbocycles. The van der Waals surface area contributed by atoms with Gasteiger partial charge in [0.05, 0.1) is 12.6 Å². The summed E-state index contributed by atoms with van der Waals surface area (Å²) in [7, 11) is 0. The van der Waals surface area contributed by atoms with Crippen molar-refractivity contribution in [3.8, 4) is 5.75 Å². The van der Waals surface area contributed by atoms with Crippen LogP contribution in [0.15, 0.2) is 42.7 Å². The number of nitrogens with zero attached hydrogens (tertiary/aromatic N) is 3. The maximum Gasteiger partial charge on any atom is 0.264 e. The van der Waals surface area contributed by atoms with E-state index in [0.29, 0.717) is 6.42 Å². The largest absolute Gasteiger partial charge is 0.480 e. The van der Waals surface area contributed by atoms with Crippen molar-refractivity contribution < 1.29 is 9.53 Å². The Hall–Kier alpha value is -2.30. The van der Waals surface area contributed by atoms with Gasteiger partial charge in [0, 0.05) is 25.4 Å². The zero-order valence-electron chi connectivity index (χ0n) is 12.4. The standard InChI is InChI=1S/C17H19N3O2/c21-17(16-11-13-5-1-2-7-15(13)22-16)20-10-3-6-14(20)12-19-9-4-8-18-19/h1-2,4-5,7-9,14,16H,3,6,10-12H2/t14-,16-/m0/s1. The van der Waals surface area contributed by atoms with E-state index >= 15 is 0 Å². The van der Waals surface area contributed by atoms with Gasteiger partial charge < -0.3 is 9.64 Å². The van der Waals surface area contributed by atoms with E-state index < -0.39 is 0 Å². The second-order valence-corrected chi connectivity index (χ2v) is 5.97. The number of benzene rings is 1. The summed E-state index contributed by atoms with van der Waals surface area (Å²) < 4.78 is 7.75. The van der Waals surface area contributed by atoms with E-state index in [-0.39, 0.29) is 18.1 Å². The molecule has 0 N–H and O–H groups in total. The summed E-state index contributed by atoms with van der Waals surface area (Å²) in [5.41, 5.74) is 1.13. The lowest BCUT2D eigenvalue weighted by molar-refractivity contribution is -0.139. The molecular weight excluding hydrogens is 278 g/mol. The van der Waals surface area contributed by atoms with Crippen molar-refractivity contribution in [3.05, 3.63) is 48.3 Å². The van der Waals surface area contributed by atoms with E-state index in [1.807, 2.05) is 46.1 Å². The lowest BCUT2D eigenvalue weighted by Gasteiger charge is -2.27. The van der Waals surface area contributed by atoms with Crippen LogP contribution in [0.5, 0.6) is 5.75 Å². The Bertz CT molecular complexity index is 643. The van der Waals surface area contributed by atoms with Gasteiger partial charge >= 0.3 is 0 Å². The summed E-state index contributed by atoms with van der Waals surface area (Å²) >= 11 is 0. The molecule has 0 unspecified atom stereocenters. The van der Waals surface area contributed by atoms with Crippen LogP contribution in [0.3, 0.4) is 0 Å². The number of hydrogen-bond donors (Lipinski definition) is 0. The molecule has 1 aromatic carbocycles. The summed E-state index contributed by atoms with van der Waals surface area (Å²) in [5.74, 6) is 0.967. The topological polar surface area (TPSA) is 47.4 Å². The first kappa shape index (κ1) is 13.4. The van der Waals surface area contributed by atoms with Crippen LogP contribution in [-0.4, -0.2) is 39.3 Å². The number of ether oxygens (including phenoxy) is 1. The van der Waals surface area contributed by atoms with Crippen LogP contribution in [0.1, 0.15) is 18.4 Å². The molecular formula is C17H19N3O2. The van der Waals surface area contributed by atoms with Gasteiger partial charge in [-0.05, 0) is 30.5 Å². The number of carbonyl (C=O) groups is 1. The molecule has 0 aliphatic carbocycles. The molecule has 1 saturated heterocycles. The number of rotatable bonds is 3. The van der Waals surface area contributed by atoms with Gasteiger partial charge in [-0.3, -0.25) is 9.48 Å². The SMILES string of the molecule is O=C([C@@H]1Cc2ccccc2O1)N1CCC[C@H]1Cn1cccn1. The summed E-state index contributed by atoms with van der Waals surface area (Å²) in [4.78, 5) is 14.8. The van der Waals surface area contributed by atoms with Crippen molar-refractivity contribution in [2.45, 2.75) is 38.0 Å². The van der Waals surface area contributed by atoms with Crippen molar-refractivity contribution in [1.29, 1.82) is 0 Å². The third kappa shape index (κ3) is 2.36. The number of amides is 1. The van der Waals surface area contributed by atoms with Crippen LogP contribution in [0.4, 0.5) is 0 Å². The molecule has 2 aromatic rings. The Morgan fingerprint density at radius 3 is 3.05 bits per heavy atom. The van der Waals surface area contributed by atoms with Crippen molar-refractivity contribution in [2.24, 2.45) is 0 Å². The van der Waals surface area contributed by atoms with Gasteiger partial charge in [-0.15, -0.1) is 0 Å². The molecule has 2 atom stereocenters. The fourth-order valence-electron chi connectivity index (χ4n) is 3.44. The Morgan fingerprint density at radius 2 is 2.23 bits per heavy atom. The Kier molecular flexibility index (Phi) is 3.33. The van der Waals surface area contributed by atoms with Crippen LogP contribution < -0.4 is 4.74 Å². The van der Waals surface area contributed by atoms with Gasteiger partial charge in [0.2, 0.25) is 0 Å². The molecule has 22 heavy (non-hydrogen) atoms. The average molecular weight is 297 g/mol. The molecule has 4 rings (SSSR count). The smallest absolute Gasteiger partial charge is 0.264 e. The summed E-state index contributed by atoms with van der Waals surface area (Å²) in [6, 6.07) is 10.0. The Morgan fingerprint density at radius 1 is 1.32 bits per heavy atom. The molecule has 3 heterocycles. The molecule has 1 aromatic heterocycles. The van der Waals surface area contributed by atoms with Crippen molar-refractivity contribution in [1.82, 2.24) is 14.7 Å². The average Bonchev–Trinajstić information content (AvgIpc) is 3.27. The quantitative estimate of drug-likeness (QED) is 0.869. The molecule has 1 fully saturated rings. The van der Waals surface area contributed by atoms with Crippen LogP contribution >= 0.6 is 0 Å². The normalized spacial score (nSPS) is 23.4. The van der Waals surface area contributed by atoms with Crippen LogP contribution in [0.2, 0.25) is 0 Å². The second-order valence-electron chi connectivity index (χ2n) is 5.97. The number of hydrogen-bond acceptors (Lipinski definition) is 3. The molecule has 2 aliphatic heterocycles. The van der Waals surface area contributed by atoms with E-state index in [0.717, 1.165) is 37.2 Å². The third-order valence-corrected chi connectivity index (χ3v) is 4.54. The first-order valence-electron chi connectivity index (χ1n) is 7.84. The highest BCUT2D eigenvalue weighted by atomic mass is 16.5. The molecule has 5 nitrogen and oxygen atoms in total. The molecule has 2 aliphatic rings. The van der Waals surface area contributed by atoms with E-state index in [2.05, 4.69) is 5.10 Å². The summed E-state index contributed by atoms with van der Waals surface area (Å²) in [6.45, 7) is 1.58. The fourth-order valence-corrected chi connectivity index (χ4v) is 3.44. The van der Waals surface area contributed by atoms with Gasteiger partial charge in [-0.25, -0.2) is 0 Å². The highest BCUT2D eigenvalue weighted by molar-refractivity contribution is 5.83. The molecule has 0 radical (unpaired) electrons. The summed E-state index contributed by atoms with van der Waals surface area (Å²) in [6.07, 6.45) is 6.12. The van der Waals surface area contributed by atoms with Crippen LogP contribution in [0, 0.1) is 0 Å². The minimum Gasteiger partial charge on any atom is -0.480 e. The lowest BCUT2D eigenvalue weighted by Crippen LogP contribution is -2.45. The monoisotopic (exact) mass is 297 g/mol. The first-order chi connectivity index (χ1) is 10.8. The minimum absolute atomic E-state index is 0.117. The Labute approximate surface area is 129 Å². The number of fused-ring (bicyclic) bond motifs is 1. The van der Waals surface area contributed by atoms with E-state index in [9.17, 15) is 4.79 Å². The van der Waals surface area contributed by atoms with Crippen molar-refractivity contribution >= 4 is 5.91 Å². The zero-order chi connectivity index (χ0) is 14.9. The predicted octanol–water partition coefficient (Wildman–Crippen LogP) is 1.88. The van der Waals surface area contributed by atoms with Crippen molar-refractivity contribution in [2.75, 3.05) is 6.54 Å². The zero-order valence-corrected chi connectivity index (χ0v) is 12.4. The van der Waals surface area contributed by atoms with Gasteiger partial charge in [-0.1, -0.05) is 18.2 Å². The fraction of sp³-hybridized carbons (Fsp3) is 0.412. The maximum absolute atomic E-state index is 12.8. The number of para-hydroxylation sites is 1. The van der Waals surface area contributed by atoms with Crippen molar-refractivity contribution in [3.63, 3.8) is 0 Å². The summed E-state index contributed by atoms with van der Waals surface area (Å²) in [5, 5.41) is 4.25. The molecule has 5 heteroatoms. The number of aromatic nitrogens is 2. The third-order valence-electron chi connectivity index (χ3n) is 4.54. The van der Waals surface area contributed by atoms with Gasteiger partial charge in [0.1, 0.15) is 5.75 Å². The predicted molar refractivity (Wildman–Crippen MR) is 81.5 cm³/mol. The molecule has 114 valence electrons. The van der Waals surface area contributed by atoms with Gasteiger partial charge in [0.15, 0.2) is 6.10 Å². The lowest BCUT2D eigenvalue weighted by atomic mass is 10.1. The van der Waals surface area contributed by atoms with Gasteiger partial charge in [-0.2, -0.15) is 5.10 Å². The molecule has 0 spiro atoms. The molecule has 1 amide bonds. The van der Waals surface area contributed by atoms with Crippen LogP contribution in [-0.2, 0) is 17.8 Å². The van der Waals surface area contributed by atoms with Crippen LogP contribution in [0.25, 0.3) is 0 Å². The highest BCUT2D eigenvalue weighted by Crippen LogP contribution is 2.30. The second kappa shape index (κ2) is 5.48.